The Morgan fingerprint density at radius 3 is 2.75 bits per heavy atom. The third kappa shape index (κ3) is 1.32. The summed E-state index contributed by atoms with van der Waals surface area (Å²) >= 11 is 0. The molecule has 62 valence electrons. The fourth-order valence-electron chi connectivity index (χ4n) is 0.768. The number of nitriles is 1. The normalized spacial score (nSPS) is 9.83. The van der Waals surface area contributed by atoms with Crippen LogP contribution in [0.25, 0.3) is 0 Å². The van der Waals surface area contributed by atoms with Crippen molar-refractivity contribution in [1.82, 2.24) is 4.98 Å². The topological polar surface area (TPSA) is 62.7 Å². The summed E-state index contributed by atoms with van der Waals surface area (Å²) in [5.41, 5.74) is 4.48. The zero-order chi connectivity index (χ0) is 9.14. The molecule has 2 N–H and O–H groups in total. The monoisotopic (exact) mass is 169 g/mol. The Hall–Kier alpha value is -1.70. The fourth-order valence-corrected chi connectivity index (χ4v) is 0.768. The minimum Gasteiger partial charge on any atom is -0.396 e. The molecular formula is C7H5F2N3. The third-order valence-electron chi connectivity index (χ3n) is 1.36. The summed E-state index contributed by atoms with van der Waals surface area (Å²) in [5.74, 6) is 0. The van der Waals surface area contributed by atoms with E-state index in [1.807, 2.05) is 0 Å². The second-order valence-corrected chi connectivity index (χ2v) is 2.07. The number of alkyl halides is 2. The van der Waals surface area contributed by atoms with Gasteiger partial charge in [0.05, 0.1) is 5.69 Å². The van der Waals surface area contributed by atoms with Crippen LogP contribution in [0.15, 0.2) is 12.3 Å². The molecule has 0 spiro atoms. The average molecular weight is 169 g/mol. The summed E-state index contributed by atoms with van der Waals surface area (Å²) in [7, 11) is 0. The van der Waals surface area contributed by atoms with Crippen molar-refractivity contribution < 1.29 is 8.78 Å². The highest BCUT2D eigenvalue weighted by Gasteiger charge is 2.13. The van der Waals surface area contributed by atoms with E-state index in [0.29, 0.717) is 0 Å². The predicted octanol–water partition coefficient (Wildman–Crippen LogP) is 1.47. The number of aromatic nitrogens is 1. The van der Waals surface area contributed by atoms with Gasteiger partial charge in [-0.3, -0.25) is 0 Å². The van der Waals surface area contributed by atoms with Crippen molar-refractivity contribution in [3.05, 3.63) is 23.5 Å². The second-order valence-electron chi connectivity index (χ2n) is 2.07. The van der Waals surface area contributed by atoms with Crippen LogP contribution in [0.4, 0.5) is 14.5 Å². The van der Waals surface area contributed by atoms with Crippen LogP contribution in [0, 0.1) is 11.3 Å². The lowest BCUT2D eigenvalue weighted by atomic mass is 10.2. The molecule has 1 aromatic rings. The molecule has 12 heavy (non-hydrogen) atoms. The van der Waals surface area contributed by atoms with Gasteiger partial charge >= 0.3 is 0 Å². The maximum absolute atomic E-state index is 12.1. The first kappa shape index (κ1) is 8.40. The highest BCUT2D eigenvalue weighted by Crippen LogP contribution is 2.25. The van der Waals surface area contributed by atoms with Crippen LogP contribution in [-0.2, 0) is 0 Å². The smallest absolute Gasteiger partial charge is 0.265 e. The molecule has 0 aliphatic heterocycles. The van der Waals surface area contributed by atoms with Crippen LogP contribution in [0.5, 0.6) is 0 Å². The van der Waals surface area contributed by atoms with E-state index >= 15 is 0 Å². The molecule has 0 bridgehead atoms. The molecule has 1 aromatic heterocycles. The van der Waals surface area contributed by atoms with E-state index in [1.165, 1.54) is 0 Å². The van der Waals surface area contributed by atoms with Gasteiger partial charge in [0.1, 0.15) is 6.07 Å². The Labute approximate surface area is 67.4 Å². The van der Waals surface area contributed by atoms with Crippen LogP contribution in [0.2, 0.25) is 0 Å². The maximum atomic E-state index is 12.1. The minimum absolute atomic E-state index is 0.159. The molecule has 5 heteroatoms. The molecule has 0 radical (unpaired) electrons. The van der Waals surface area contributed by atoms with Gasteiger partial charge in [-0.15, -0.1) is 0 Å². The van der Waals surface area contributed by atoms with Gasteiger partial charge in [0.2, 0.25) is 0 Å². The Morgan fingerprint density at radius 1 is 1.58 bits per heavy atom. The second kappa shape index (κ2) is 3.13. The molecule has 0 fully saturated rings. The number of pyridine rings is 1. The Kier molecular flexibility index (Phi) is 2.19. The summed E-state index contributed by atoms with van der Waals surface area (Å²) in [6.45, 7) is 0. The van der Waals surface area contributed by atoms with E-state index in [9.17, 15) is 8.78 Å². The third-order valence-corrected chi connectivity index (χ3v) is 1.36. The molecule has 0 aromatic carbocycles. The average Bonchev–Trinajstić information content (AvgIpc) is 2.04. The maximum Gasteiger partial charge on any atom is 0.265 e. The Morgan fingerprint density at radius 2 is 2.25 bits per heavy atom. The summed E-state index contributed by atoms with van der Waals surface area (Å²) in [5, 5.41) is 8.39. The van der Waals surface area contributed by atoms with Crippen LogP contribution >= 0.6 is 0 Å². The van der Waals surface area contributed by atoms with Crippen molar-refractivity contribution in [3.63, 3.8) is 0 Å². The Balaban J connectivity index is 3.25. The lowest BCUT2D eigenvalue weighted by Crippen LogP contribution is -1.99. The molecule has 1 rings (SSSR count). The number of rotatable bonds is 1. The minimum atomic E-state index is -2.67. The van der Waals surface area contributed by atoms with Crippen LogP contribution in [0.1, 0.15) is 17.7 Å². The predicted molar refractivity (Wildman–Crippen MR) is 38.3 cm³/mol. The lowest BCUT2D eigenvalue weighted by Gasteiger charge is -2.03. The van der Waals surface area contributed by atoms with E-state index < -0.39 is 6.43 Å². The zero-order valence-corrected chi connectivity index (χ0v) is 5.96. The standard InChI is InChI=1S/C7H5F2N3/c8-7(9)4-1-2-12-5(3-10)6(4)11/h1-2,7H,11H2. The molecule has 3 nitrogen and oxygen atoms in total. The summed E-state index contributed by atoms with van der Waals surface area (Å²) < 4.78 is 24.3. The molecule has 0 saturated heterocycles. The van der Waals surface area contributed by atoms with Crippen molar-refractivity contribution in [1.29, 1.82) is 5.26 Å². The number of hydrogen-bond donors (Lipinski definition) is 1. The lowest BCUT2D eigenvalue weighted by molar-refractivity contribution is 0.152. The molecule has 0 unspecified atom stereocenters. The van der Waals surface area contributed by atoms with Crippen molar-refractivity contribution in [2.24, 2.45) is 0 Å². The number of anilines is 1. The van der Waals surface area contributed by atoms with Gasteiger partial charge in [0, 0.05) is 11.8 Å². The van der Waals surface area contributed by atoms with Gasteiger partial charge in [-0.1, -0.05) is 0 Å². The van der Waals surface area contributed by atoms with Crippen molar-refractivity contribution >= 4 is 5.69 Å². The molecule has 0 aliphatic carbocycles. The molecule has 0 amide bonds. The molecule has 0 saturated carbocycles. The number of nitrogens with zero attached hydrogens (tertiary/aromatic N) is 2. The highest BCUT2D eigenvalue weighted by atomic mass is 19.3. The molecular weight excluding hydrogens is 164 g/mol. The van der Waals surface area contributed by atoms with E-state index in [4.69, 9.17) is 11.0 Å². The van der Waals surface area contributed by atoms with Crippen molar-refractivity contribution in [2.45, 2.75) is 6.43 Å². The van der Waals surface area contributed by atoms with Crippen molar-refractivity contribution in [3.8, 4) is 6.07 Å². The van der Waals surface area contributed by atoms with Gasteiger partial charge in [-0.05, 0) is 6.07 Å². The zero-order valence-electron chi connectivity index (χ0n) is 5.96. The molecule has 0 atom stereocenters. The number of halogens is 2. The van der Waals surface area contributed by atoms with Gasteiger partial charge in [-0.25, -0.2) is 13.8 Å². The first-order chi connectivity index (χ1) is 5.66. The summed E-state index contributed by atoms with van der Waals surface area (Å²) in [6, 6.07) is 2.72. The van der Waals surface area contributed by atoms with Crippen LogP contribution in [-0.4, -0.2) is 4.98 Å². The van der Waals surface area contributed by atoms with Gasteiger partial charge in [0.15, 0.2) is 5.69 Å². The van der Waals surface area contributed by atoms with E-state index in [2.05, 4.69) is 4.98 Å². The first-order valence-corrected chi connectivity index (χ1v) is 3.09. The van der Waals surface area contributed by atoms with Crippen LogP contribution in [0.3, 0.4) is 0 Å². The van der Waals surface area contributed by atoms with Gasteiger partial charge < -0.3 is 5.73 Å². The van der Waals surface area contributed by atoms with E-state index in [0.717, 1.165) is 12.3 Å². The largest absolute Gasteiger partial charge is 0.396 e. The van der Waals surface area contributed by atoms with Gasteiger partial charge in [-0.2, -0.15) is 5.26 Å². The SMILES string of the molecule is N#Cc1nccc(C(F)F)c1N. The van der Waals surface area contributed by atoms with E-state index in [-0.39, 0.29) is 16.9 Å². The van der Waals surface area contributed by atoms with E-state index in [1.54, 1.807) is 6.07 Å². The van der Waals surface area contributed by atoms with Crippen LogP contribution < -0.4 is 5.73 Å². The summed E-state index contributed by atoms with van der Waals surface area (Å²) in [6.07, 6.45) is -1.53. The number of hydrogen-bond acceptors (Lipinski definition) is 3. The highest BCUT2D eigenvalue weighted by molar-refractivity contribution is 5.55. The first-order valence-electron chi connectivity index (χ1n) is 3.09. The quantitative estimate of drug-likeness (QED) is 0.692. The Bertz CT molecular complexity index is 330. The molecule has 0 aliphatic rings. The van der Waals surface area contributed by atoms with Gasteiger partial charge in [0.25, 0.3) is 6.43 Å². The summed E-state index contributed by atoms with van der Waals surface area (Å²) in [4.78, 5) is 3.52. The van der Waals surface area contributed by atoms with Crippen molar-refractivity contribution in [2.75, 3.05) is 5.73 Å². The number of nitrogen functional groups attached to an aromatic ring is 1. The number of nitrogens with two attached hydrogens (primary N) is 1. The molecule has 1 heterocycles. The fraction of sp³-hybridized carbons (Fsp3) is 0.143.